The fraction of sp³-hybridized carbons (Fsp3) is 0.800. The Morgan fingerprint density at radius 3 is 2.27 bits per heavy atom. The molecule has 1 rings (SSSR count). The summed E-state index contributed by atoms with van der Waals surface area (Å²) in [4.78, 5) is 25.7. The molecule has 1 aliphatic heterocycles. The predicted octanol–water partition coefficient (Wildman–Crippen LogP) is 0.0153. The molecule has 0 saturated carbocycles. The molecule has 15 heavy (non-hydrogen) atoms. The average Bonchev–Trinajstić information content (AvgIpc) is 2.26. The van der Waals surface area contributed by atoms with Gasteiger partial charge in [0.15, 0.2) is 0 Å². The van der Waals surface area contributed by atoms with Crippen LogP contribution in [-0.2, 0) is 9.59 Å². The van der Waals surface area contributed by atoms with E-state index in [0.717, 1.165) is 26.2 Å². The van der Waals surface area contributed by atoms with Gasteiger partial charge in [0, 0.05) is 39.1 Å². The van der Waals surface area contributed by atoms with E-state index in [2.05, 4.69) is 4.90 Å². The highest BCUT2D eigenvalue weighted by Gasteiger charge is 2.19. The Labute approximate surface area is 89.7 Å². The van der Waals surface area contributed by atoms with Crippen molar-refractivity contribution in [3.05, 3.63) is 0 Å². The summed E-state index contributed by atoms with van der Waals surface area (Å²) in [7, 11) is 0. The Balaban J connectivity index is 2.23. The molecule has 1 heterocycles. The van der Waals surface area contributed by atoms with E-state index in [1.807, 2.05) is 11.8 Å². The molecule has 0 bridgehead atoms. The number of nitrogens with zero attached hydrogens (tertiary/aromatic N) is 2. The zero-order chi connectivity index (χ0) is 11.3. The zero-order valence-corrected chi connectivity index (χ0v) is 9.11. The molecule has 5 nitrogen and oxygen atoms in total. The molecular formula is C10H18N2O3. The Bertz CT molecular complexity index is 235. The molecule has 0 aromatic rings. The Hall–Kier alpha value is -1.10. The maximum Gasteiger partial charge on any atom is 0.304 e. The van der Waals surface area contributed by atoms with Gasteiger partial charge in [-0.25, -0.2) is 0 Å². The van der Waals surface area contributed by atoms with E-state index in [9.17, 15) is 9.59 Å². The van der Waals surface area contributed by atoms with Crippen LogP contribution in [0.3, 0.4) is 0 Å². The molecule has 1 aliphatic rings. The molecule has 0 atom stereocenters. The molecule has 0 spiro atoms. The largest absolute Gasteiger partial charge is 0.481 e. The van der Waals surface area contributed by atoms with Crippen molar-refractivity contribution in [1.82, 2.24) is 9.80 Å². The first-order chi connectivity index (χ1) is 7.13. The van der Waals surface area contributed by atoms with E-state index in [-0.39, 0.29) is 12.3 Å². The van der Waals surface area contributed by atoms with Gasteiger partial charge >= 0.3 is 5.97 Å². The van der Waals surface area contributed by atoms with Gasteiger partial charge in [-0.05, 0) is 0 Å². The SMILES string of the molecule is CCC(=O)N1CCN(CCC(=O)O)CC1. The highest BCUT2D eigenvalue weighted by Crippen LogP contribution is 2.04. The predicted molar refractivity (Wildman–Crippen MR) is 55.6 cm³/mol. The number of amides is 1. The molecule has 5 heteroatoms. The summed E-state index contributed by atoms with van der Waals surface area (Å²) in [6.07, 6.45) is 0.733. The summed E-state index contributed by atoms with van der Waals surface area (Å²) in [6, 6.07) is 0. The van der Waals surface area contributed by atoms with Crippen LogP contribution in [-0.4, -0.2) is 59.5 Å². The minimum Gasteiger partial charge on any atom is -0.481 e. The van der Waals surface area contributed by atoms with Gasteiger partial charge in [-0.1, -0.05) is 6.92 Å². The first-order valence-corrected chi connectivity index (χ1v) is 5.35. The van der Waals surface area contributed by atoms with Crippen LogP contribution in [0.1, 0.15) is 19.8 Å². The van der Waals surface area contributed by atoms with Gasteiger partial charge in [0.25, 0.3) is 0 Å². The van der Waals surface area contributed by atoms with E-state index in [4.69, 9.17) is 5.11 Å². The second kappa shape index (κ2) is 5.70. The van der Waals surface area contributed by atoms with Gasteiger partial charge in [-0.3, -0.25) is 14.5 Å². The van der Waals surface area contributed by atoms with E-state index in [1.165, 1.54) is 0 Å². The quantitative estimate of drug-likeness (QED) is 0.716. The van der Waals surface area contributed by atoms with Crippen molar-refractivity contribution in [2.45, 2.75) is 19.8 Å². The Morgan fingerprint density at radius 2 is 1.80 bits per heavy atom. The van der Waals surface area contributed by atoms with E-state index in [1.54, 1.807) is 0 Å². The maximum atomic E-state index is 11.4. The van der Waals surface area contributed by atoms with Crippen molar-refractivity contribution < 1.29 is 14.7 Å². The van der Waals surface area contributed by atoms with Gasteiger partial charge in [-0.2, -0.15) is 0 Å². The molecule has 0 unspecified atom stereocenters. The number of aliphatic carboxylic acids is 1. The molecule has 0 aliphatic carbocycles. The van der Waals surface area contributed by atoms with Crippen LogP contribution in [0.15, 0.2) is 0 Å². The van der Waals surface area contributed by atoms with Gasteiger partial charge < -0.3 is 10.0 Å². The normalized spacial score (nSPS) is 17.8. The molecular weight excluding hydrogens is 196 g/mol. The van der Waals surface area contributed by atoms with Crippen LogP contribution < -0.4 is 0 Å². The van der Waals surface area contributed by atoms with Crippen LogP contribution in [0.2, 0.25) is 0 Å². The lowest BCUT2D eigenvalue weighted by Gasteiger charge is -2.34. The van der Waals surface area contributed by atoms with Crippen molar-refractivity contribution in [2.24, 2.45) is 0 Å². The minimum atomic E-state index is -0.762. The van der Waals surface area contributed by atoms with Crippen LogP contribution in [0.5, 0.6) is 0 Å². The fourth-order valence-electron chi connectivity index (χ4n) is 1.70. The van der Waals surface area contributed by atoms with E-state index in [0.29, 0.717) is 13.0 Å². The van der Waals surface area contributed by atoms with Crippen molar-refractivity contribution in [1.29, 1.82) is 0 Å². The van der Waals surface area contributed by atoms with Crippen LogP contribution in [0, 0.1) is 0 Å². The molecule has 1 saturated heterocycles. The number of hydrogen-bond donors (Lipinski definition) is 1. The third kappa shape index (κ3) is 3.87. The summed E-state index contributed by atoms with van der Waals surface area (Å²) in [6.45, 7) is 5.49. The zero-order valence-electron chi connectivity index (χ0n) is 9.11. The van der Waals surface area contributed by atoms with E-state index >= 15 is 0 Å². The molecule has 1 fully saturated rings. The van der Waals surface area contributed by atoms with Crippen LogP contribution in [0.25, 0.3) is 0 Å². The molecule has 1 N–H and O–H groups in total. The molecule has 86 valence electrons. The lowest BCUT2D eigenvalue weighted by atomic mass is 10.2. The summed E-state index contributed by atoms with van der Waals surface area (Å²) < 4.78 is 0. The number of carboxylic acid groups (broad SMARTS) is 1. The van der Waals surface area contributed by atoms with E-state index < -0.39 is 5.97 Å². The van der Waals surface area contributed by atoms with Gasteiger partial charge in [0.05, 0.1) is 6.42 Å². The second-order valence-corrected chi connectivity index (χ2v) is 3.72. The van der Waals surface area contributed by atoms with Gasteiger partial charge in [-0.15, -0.1) is 0 Å². The summed E-state index contributed by atoms with van der Waals surface area (Å²) in [5.41, 5.74) is 0. The summed E-state index contributed by atoms with van der Waals surface area (Å²) in [5, 5.41) is 8.53. The minimum absolute atomic E-state index is 0.182. The monoisotopic (exact) mass is 214 g/mol. The topological polar surface area (TPSA) is 60.9 Å². The first kappa shape index (κ1) is 12.0. The standard InChI is InChI=1S/C10H18N2O3/c1-2-9(13)12-7-5-11(6-8-12)4-3-10(14)15/h2-8H2,1H3,(H,14,15). The number of carbonyl (C=O) groups is 2. The number of carbonyl (C=O) groups excluding carboxylic acids is 1. The number of carboxylic acids is 1. The number of piperazine rings is 1. The maximum absolute atomic E-state index is 11.4. The number of rotatable bonds is 4. The average molecular weight is 214 g/mol. The van der Waals surface area contributed by atoms with Crippen LogP contribution >= 0.6 is 0 Å². The highest BCUT2D eigenvalue weighted by molar-refractivity contribution is 5.75. The third-order valence-corrected chi connectivity index (χ3v) is 2.67. The summed E-state index contributed by atoms with van der Waals surface area (Å²) in [5.74, 6) is -0.574. The van der Waals surface area contributed by atoms with Crippen molar-refractivity contribution in [3.63, 3.8) is 0 Å². The van der Waals surface area contributed by atoms with Crippen molar-refractivity contribution in [2.75, 3.05) is 32.7 Å². The second-order valence-electron chi connectivity index (χ2n) is 3.72. The first-order valence-electron chi connectivity index (χ1n) is 5.35. The smallest absolute Gasteiger partial charge is 0.304 e. The highest BCUT2D eigenvalue weighted by atomic mass is 16.4. The third-order valence-electron chi connectivity index (χ3n) is 2.67. The van der Waals surface area contributed by atoms with Crippen molar-refractivity contribution in [3.8, 4) is 0 Å². The molecule has 1 amide bonds. The Morgan fingerprint density at radius 1 is 1.20 bits per heavy atom. The lowest BCUT2D eigenvalue weighted by molar-refractivity contribution is -0.138. The van der Waals surface area contributed by atoms with Gasteiger partial charge in [0.2, 0.25) is 5.91 Å². The fourth-order valence-corrected chi connectivity index (χ4v) is 1.70. The lowest BCUT2D eigenvalue weighted by Crippen LogP contribution is -2.48. The van der Waals surface area contributed by atoms with Crippen LogP contribution in [0.4, 0.5) is 0 Å². The summed E-state index contributed by atoms with van der Waals surface area (Å²) >= 11 is 0. The van der Waals surface area contributed by atoms with Crippen molar-refractivity contribution >= 4 is 11.9 Å². The Kier molecular flexibility index (Phi) is 4.55. The molecule has 0 radical (unpaired) electrons. The molecule has 0 aromatic heterocycles. The van der Waals surface area contributed by atoms with Gasteiger partial charge in [0.1, 0.15) is 0 Å². The molecule has 0 aromatic carbocycles. The number of hydrogen-bond acceptors (Lipinski definition) is 3.